The number of nitro benzene ring substituents is 1. The molecule has 0 amide bonds. The average Bonchev–Trinajstić information content (AvgIpc) is 3.30. The van der Waals surface area contributed by atoms with Gasteiger partial charge in [-0.1, -0.05) is 36.4 Å². The zero-order valence-electron chi connectivity index (χ0n) is 21.1. The smallest absolute Gasteiger partial charge is 0.431 e. The minimum atomic E-state index is -5.01. The molecular weight excluding hydrogens is 519 g/mol. The van der Waals surface area contributed by atoms with Crippen molar-refractivity contribution in [2.75, 3.05) is 13.2 Å². The summed E-state index contributed by atoms with van der Waals surface area (Å²) >= 11 is 0. The summed E-state index contributed by atoms with van der Waals surface area (Å²) < 4.78 is 52.7. The third kappa shape index (κ3) is 5.80. The van der Waals surface area contributed by atoms with Gasteiger partial charge in [0.15, 0.2) is 0 Å². The van der Waals surface area contributed by atoms with Crippen molar-refractivity contribution in [2.24, 2.45) is 0 Å². The monoisotopic (exact) mass is 545 g/mol. The maximum absolute atomic E-state index is 14.1. The number of alkyl halides is 3. The van der Waals surface area contributed by atoms with Gasteiger partial charge in [0, 0.05) is 36.8 Å². The predicted octanol–water partition coefficient (Wildman–Crippen LogP) is 4.71. The van der Waals surface area contributed by atoms with E-state index in [0.717, 1.165) is 23.3 Å². The van der Waals surface area contributed by atoms with Crippen molar-refractivity contribution in [1.82, 2.24) is 10.6 Å². The molecule has 0 radical (unpaired) electrons. The van der Waals surface area contributed by atoms with E-state index in [0.29, 0.717) is 13.0 Å². The molecule has 2 aliphatic heterocycles. The zero-order chi connectivity index (χ0) is 28.3. The van der Waals surface area contributed by atoms with Crippen LogP contribution in [0.1, 0.15) is 48.9 Å². The van der Waals surface area contributed by atoms with Gasteiger partial charge in [-0.3, -0.25) is 10.1 Å². The van der Waals surface area contributed by atoms with Gasteiger partial charge in [-0.2, -0.15) is 13.2 Å². The topological polar surface area (TPSA) is 120 Å². The average molecular weight is 546 g/mol. The van der Waals surface area contributed by atoms with E-state index in [1.807, 2.05) is 24.3 Å². The van der Waals surface area contributed by atoms with Crippen LogP contribution in [0.3, 0.4) is 0 Å². The highest BCUT2D eigenvalue weighted by Gasteiger charge is 2.47. The molecule has 2 aliphatic rings. The number of fused-ring (bicyclic) bond motifs is 1. The van der Waals surface area contributed by atoms with Crippen LogP contribution in [-0.4, -0.2) is 36.3 Å². The van der Waals surface area contributed by atoms with Crippen molar-refractivity contribution in [2.45, 2.75) is 44.9 Å². The van der Waals surface area contributed by atoms with Crippen molar-refractivity contribution < 1.29 is 37.2 Å². The number of dihydropyridines is 1. The summed E-state index contributed by atoms with van der Waals surface area (Å²) in [5.41, 5.74) is -1.04. The number of benzene rings is 2. The number of halogens is 3. The van der Waals surface area contributed by atoms with Crippen LogP contribution in [0.4, 0.5) is 18.9 Å². The fourth-order valence-corrected chi connectivity index (χ4v) is 4.88. The van der Waals surface area contributed by atoms with E-state index in [4.69, 9.17) is 9.47 Å². The lowest BCUT2D eigenvalue weighted by Crippen LogP contribution is -2.38. The number of carbonyl (C=O) groups is 2. The summed E-state index contributed by atoms with van der Waals surface area (Å²) in [5.74, 6) is -3.89. The first-order valence-corrected chi connectivity index (χ1v) is 12.2. The summed E-state index contributed by atoms with van der Waals surface area (Å²) in [6.45, 7) is 3.05. The minimum Gasteiger partial charge on any atom is -0.463 e. The molecule has 206 valence electrons. The van der Waals surface area contributed by atoms with Crippen LogP contribution in [-0.2, 0) is 25.6 Å². The molecule has 2 N–H and O–H groups in total. The number of nitrogens with one attached hydrogen (secondary N) is 2. The van der Waals surface area contributed by atoms with Gasteiger partial charge in [0.1, 0.15) is 5.70 Å². The molecular formula is C27H26F3N3O6. The molecule has 2 atom stereocenters. The van der Waals surface area contributed by atoms with Crippen LogP contribution < -0.4 is 10.6 Å². The molecule has 2 aromatic rings. The minimum absolute atomic E-state index is 0.0617. The third-order valence-electron chi connectivity index (χ3n) is 6.59. The Hall–Kier alpha value is -4.19. The SMILES string of the molecule is CCOC(=O)C1=C(C(F)(F)F)NC(C)=C(C(=O)OCCC2NCc3ccccc32)C1c1cccc([N+](=O)[O-])c1. The molecule has 12 heteroatoms. The van der Waals surface area contributed by atoms with E-state index >= 15 is 0 Å². The first-order valence-electron chi connectivity index (χ1n) is 12.2. The van der Waals surface area contributed by atoms with Crippen molar-refractivity contribution >= 4 is 17.6 Å². The molecule has 0 bridgehead atoms. The highest BCUT2D eigenvalue weighted by Crippen LogP contribution is 2.44. The Balaban J connectivity index is 1.70. The van der Waals surface area contributed by atoms with E-state index < -0.39 is 45.9 Å². The first-order chi connectivity index (χ1) is 18.5. The number of rotatable bonds is 8. The molecule has 39 heavy (non-hydrogen) atoms. The van der Waals surface area contributed by atoms with Gasteiger partial charge in [0.25, 0.3) is 5.69 Å². The second-order valence-electron chi connectivity index (χ2n) is 9.01. The van der Waals surface area contributed by atoms with Crippen molar-refractivity contribution in [1.29, 1.82) is 0 Å². The second-order valence-corrected chi connectivity index (χ2v) is 9.01. The molecule has 4 rings (SSSR count). The van der Waals surface area contributed by atoms with Crippen molar-refractivity contribution in [3.8, 4) is 0 Å². The molecule has 2 heterocycles. The third-order valence-corrected chi connectivity index (χ3v) is 6.59. The van der Waals surface area contributed by atoms with Crippen LogP contribution in [0.5, 0.6) is 0 Å². The normalized spacial score (nSPS) is 18.9. The maximum Gasteiger partial charge on any atom is 0.431 e. The zero-order valence-corrected chi connectivity index (χ0v) is 21.1. The van der Waals surface area contributed by atoms with Gasteiger partial charge in [-0.15, -0.1) is 0 Å². The van der Waals surface area contributed by atoms with E-state index in [-0.39, 0.29) is 36.1 Å². The van der Waals surface area contributed by atoms with Gasteiger partial charge in [0.05, 0.1) is 35.2 Å². The number of carbonyl (C=O) groups excluding carboxylic acids is 2. The van der Waals surface area contributed by atoms with Crippen LogP contribution in [0.25, 0.3) is 0 Å². The summed E-state index contributed by atoms with van der Waals surface area (Å²) in [4.78, 5) is 37.0. The molecule has 0 fully saturated rings. The number of hydrogen-bond acceptors (Lipinski definition) is 8. The van der Waals surface area contributed by atoms with Gasteiger partial charge < -0.3 is 20.1 Å². The molecule has 0 aliphatic carbocycles. The Morgan fingerprint density at radius 2 is 1.79 bits per heavy atom. The first kappa shape index (κ1) is 27.8. The van der Waals surface area contributed by atoms with Crippen molar-refractivity contribution in [3.63, 3.8) is 0 Å². The van der Waals surface area contributed by atoms with Gasteiger partial charge in [-0.25, -0.2) is 9.59 Å². The fourth-order valence-electron chi connectivity index (χ4n) is 4.88. The lowest BCUT2D eigenvalue weighted by atomic mass is 9.80. The molecule has 2 unspecified atom stereocenters. The summed E-state index contributed by atoms with van der Waals surface area (Å²) in [6, 6.07) is 12.5. The lowest BCUT2D eigenvalue weighted by molar-refractivity contribution is -0.384. The van der Waals surface area contributed by atoms with Crippen molar-refractivity contribution in [3.05, 3.63) is 97.9 Å². The van der Waals surface area contributed by atoms with Crippen LogP contribution in [0.15, 0.2) is 71.1 Å². The number of nitro groups is 1. The number of allylic oxidation sites excluding steroid dienone is 2. The standard InChI is InChI=1S/C27H26F3N3O6/c1-3-38-26(35)23-22(16-8-6-9-18(13-16)33(36)37)21(15(2)32-24(23)27(28,29)30)25(34)39-12-11-20-19-10-5-4-7-17(19)14-31-20/h4-10,13,20,22,31-32H,3,11-12,14H2,1-2H3. The van der Waals surface area contributed by atoms with E-state index in [9.17, 15) is 32.9 Å². The number of non-ortho nitro benzene ring substituents is 1. The summed E-state index contributed by atoms with van der Waals surface area (Å²) in [5, 5.41) is 16.9. The van der Waals surface area contributed by atoms with E-state index in [1.165, 1.54) is 26.0 Å². The Labute approximate surface area is 221 Å². The molecule has 2 aromatic carbocycles. The second kappa shape index (κ2) is 11.3. The Bertz CT molecular complexity index is 1370. The highest BCUT2D eigenvalue weighted by atomic mass is 19.4. The number of ether oxygens (including phenoxy) is 2. The van der Waals surface area contributed by atoms with E-state index in [1.54, 1.807) is 0 Å². The lowest BCUT2D eigenvalue weighted by Gasteiger charge is -2.32. The van der Waals surface area contributed by atoms with Gasteiger partial charge >= 0.3 is 18.1 Å². The number of hydrogen-bond donors (Lipinski definition) is 2. The predicted molar refractivity (Wildman–Crippen MR) is 133 cm³/mol. The molecule has 0 saturated carbocycles. The number of esters is 2. The molecule has 0 saturated heterocycles. The largest absolute Gasteiger partial charge is 0.463 e. The van der Waals surface area contributed by atoms with E-state index in [2.05, 4.69) is 10.6 Å². The summed E-state index contributed by atoms with van der Waals surface area (Å²) in [7, 11) is 0. The highest BCUT2D eigenvalue weighted by molar-refractivity contribution is 6.00. The summed E-state index contributed by atoms with van der Waals surface area (Å²) in [6.07, 6.45) is -4.61. The molecule has 0 aromatic heterocycles. The fraction of sp³-hybridized carbons (Fsp3) is 0.333. The quantitative estimate of drug-likeness (QED) is 0.278. The Morgan fingerprint density at radius 3 is 2.49 bits per heavy atom. The Kier molecular flexibility index (Phi) is 8.05. The maximum atomic E-state index is 14.1. The van der Waals surface area contributed by atoms with Crippen LogP contribution in [0.2, 0.25) is 0 Å². The van der Waals surface area contributed by atoms with Crippen LogP contribution in [0, 0.1) is 10.1 Å². The number of nitrogens with zero attached hydrogens (tertiary/aromatic N) is 1. The molecule has 9 nitrogen and oxygen atoms in total. The van der Waals surface area contributed by atoms with Gasteiger partial charge in [0.2, 0.25) is 0 Å². The Morgan fingerprint density at radius 1 is 1.08 bits per heavy atom. The van der Waals surface area contributed by atoms with Gasteiger partial charge in [-0.05, 0) is 30.5 Å². The molecule has 0 spiro atoms. The van der Waals surface area contributed by atoms with Crippen LogP contribution >= 0.6 is 0 Å².